The van der Waals surface area contributed by atoms with Gasteiger partial charge in [0.2, 0.25) is 0 Å². The maximum atomic E-state index is 12.0. The van der Waals surface area contributed by atoms with Gasteiger partial charge in [0.25, 0.3) is 11.8 Å². The van der Waals surface area contributed by atoms with E-state index in [1.54, 1.807) is 6.07 Å². The van der Waals surface area contributed by atoms with E-state index in [0.717, 1.165) is 0 Å². The fourth-order valence-corrected chi connectivity index (χ4v) is 2.41. The first-order valence-corrected chi connectivity index (χ1v) is 8.13. The van der Waals surface area contributed by atoms with Gasteiger partial charge in [0.1, 0.15) is 0 Å². The van der Waals surface area contributed by atoms with Gasteiger partial charge in [-0.05, 0) is 40.5 Å². The van der Waals surface area contributed by atoms with E-state index < -0.39 is 30.1 Å². The Balaban J connectivity index is 1.91. The molecule has 0 saturated carbocycles. The third-order valence-corrected chi connectivity index (χ3v) is 3.90. The summed E-state index contributed by atoms with van der Waals surface area (Å²) >= 11 is 3.18. The van der Waals surface area contributed by atoms with Gasteiger partial charge >= 0.3 is 6.03 Å². The number of nitrogens with zero attached hydrogens (tertiary/aromatic N) is 1. The third-order valence-electron chi connectivity index (χ3n) is 3.30. The van der Waals surface area contributed by atoms with Crippen LogP contribution >= 0.6 is 15.9 Å². The molecule has 2 unspecified atom stereocenters. The number of methoxy groups -OCH3 is 1. The monoisotopic (exact) mass is 428 g/mol. The Labute approximate surface area is 156 Å². The van der Waals surface area contributed by atoms with Crippen LogP contribution in [0.5, 0.6) is 11.5 Å². The van der Waals surface area contributed by atoms with Crippen LogP contribution in [0.15, 0.2) is 21.7 Å². The van der Waals surface area contributed by atoms with E-state index in [-0.39, 0.29) is 11.5 Å². The molecule has 26 heavy (non-hydrogen) atoms. The molecule has 11 nitrogen and oxygen atoms in total. The SMILES string of the molecule is COc1cc(/C=N/NC(=O)C(C)NC2NNC(=O)NC2=O)cc(Br)c1O. The lowest BCUT2D eigenvalue weighted by atomic mass is 10.2. The van der Waals surface area contributed by atoms with Crippen LogP contribution in [0.2, 0.25) is 0 Å². The maximum absolute atomic E-state index is 12.0. The van der Waals surface area contributed by atoms with Crippen molar-refractivity contribution in [3.05, 3.63) is 22.2 Å². The van der Waals surface area contributed by atoms with Crippen molar-refractivity contribution in [1.29, 1.82) is 0 Å². The lowest BCUT2D eigenvalue weighted by Gasteiger charge is -2.26. The number of hydrogen-bond acceptors (Lipinski definition) is 8. The van der Waals surface area contributed by atoms with Crippen molar-refractivity contribution in [2.24, 2.45) is 5.10 Å². The number of hydrazone groups is 1. The number of benzene rings is 1. The molecule has 0 bridgehead atoms. The molecule has 1 fully saturated rings. The summed E-state index contributed by atoms with van der Waals surface area (Å²) in [6.07, 6.45) is 0.401. The Hall–Kier alpha value is -2.70. The first-order chi connectivity index (χ1) is 12.3. The molecule has 1 aromatic carbocycles. The van der Waals surface area contributed by atoms with Crippen molar-refractivity contribution in [1.82, 2.24) is 26.9 Å². The summed E-state index contributed by atoms with van der Waals surface area (Å²) in [5.74, 6) is -0.911. The van der Waals surface area contributed by atoms with Crippen LogP contribution in [0.1, 0.15) is 12.5 Å². The van der Waals surface area contributed by atoms with Gasteiger partial charge < -0.3 is 9.84 Å². The van der Waals surface area contributed by atoms with Crippen LogP contribution in [-0.4, -0.2) is 48.5 Å². The van der Waals surface area contributed by atoms with E-state index >= 15 is 0 Å². The molecule has 140 valence electrons. The highest BCUT2D eigenvalue weighted by Crippen LogP contribution is 2.34. The number of amides is 4. The number of nitrogens with one attached hydrogen (secondary N) is 5. The summed E-state index contributed by atoms with van der Waals surface area (Å²) in [4.78, 5) is 34.5. The lowest BCUT2D eigenvalue weighted by molar-refractivity contribution is -0.126. The summed E-state index contributed by atoms with van der Waals surface area (Å²) in [7, 11) is 1.41. The van der Waals surface area contributed by atoms with Gasteiger partial charge in [-0.25, -0.2) is 15.6 Å². The van der Waals surface area contributed by atoms with Crippen LogP contribution in [0.3, 0.4) is 0 Å². The van der Waals surface area contributed by atoms with Crippen molar-refractivity contribution in [2.45, 2.75) is 19.1 Å². The number of hydrogen-bond donors (Lipinski definition) is 6. The second kappa shape index (κ2) is 8.60. The van der Waals surface area contributed by atoms with Crippen LogP contribution in [0.25, 0.3) is 0 Å². The minimum absolute atomic E-state index is 0.0446. The zero-order valence-electron chi connectivity index (χ0n) is 13.8. The number of ether oxygens (including phenoxy) is 1. The molecule has 0 aliphatic carbocycles. The summed E-state index contributed by atoms with van der Waals surface area (Å²) < 4.78 is 5.43. The van der Waals surface area contributed by atoms with Crippen molar-refractivity contribution in [3.8, 4) is 11.5 Å². The molecule has 0 radical (unpaired) electrons. The minimum Gasteiger partial charge on any atom is -0.503 e. The molecule has 1 aliphatic rings. The van der Waals surface area contributed by atoms with Crippen LogP contribution in [0.4, 0.5) is 4.79 Å². The Morgan fingerprint density at radius 1 is 1.46 bits per heavy atom. The second-order valence-corrected chi connectivity index (χ2v) is 6.05. The number of imide groups is 1. The number of rotatable bonds is 6. The molecule has 2 rings (SSSR count). The Bertz CT molecular complexity index is 756. The first-order valence-electron chi connectivity index (χ1n) is 7.33. The highest BCUT2D eigenvalue weighted by molar-refractivity contribution is 9.10. The first kappa shape index (κ1) is 19.6. The van der Waals surface area contributed by atoms with E-state index in [4.69, 9.17) is 4.74 Å². The number of aromatic hydroxyl groups is 1. The normalized spacial score (nSPS) is 18.2. The van der Waals surface area contributed by atoms with E-state index in [9.17, 15) is 19.5 Å². The molecular formula is C14H17BrN6O5. The van der Waals surface area contributed by atoms with Crippen molar-refractivity contribution in [3.63, 3.8) is 0 Å². The average molecular weight is 429 g/mol. The number of carbonyl (C=O) groups is 3. The van der Waals surface area contributed by atoms with Gasteiger partial charge in [0.05, 0.1) is 23.8 Å². The van der Waals surface area contributed by atoms with Gasteiger partial charge in [-0.3, -0.25) is 25.6 Å². The molecule has 1 saturated heterocycles. The Morgan fingerprint density at radius 2 is 2.19 bits per heavy atom. The topological polar surface area (TPSA) is 153 Å². The minimum atomic E-state index is -0.963. The van der Waals surface area contributed by atoms with Crippen LogP contribution in [-0.2, 0) is 9.59 Å². The molecule has 0 aromatic heterocycles. The molecular weight excluding hydrogens is 412 g/mol. The zero-order valence-corrected chi connectivity index (χ0v) is 15.4. The molecule has 2 atom stereocenters. The van der Waals surface area contributed by atoms with Crippen molar-refractivity contribution in [2.75, 3.05) is 7.11 Å². The van der Waals surface area contributed by atoms with E-state index in [2.05, 4.69) is 42.6 Å². The number of urea groups is 1. The number of halogens is 1. The predicted octanol–water partition coefficient (Wildman–Crippen LogP) is -0.738. The van der Waals surface area contributed by atoms with Crippen LogP contribution in [0, 0.1) is 0 Å². The highest BCUT2D eigenvalue weighted by Gasteiger charge is 2.28. The summed E-state index contributed by atoms with van der Waals surface area (Å²) in [6.45, 7) is 1.52. The van der Waals surface area contributed by atoms with Crippen molar-refractivity contribution < 1.29 is 24.2 Å². The van der Waals surface area contributed by atoms with Gasteiger partial charge in [-0.15, -0.1) is 0 Å². The summed E-state index contributed by atoms with van der Waals surface area (Å²) in [6, 6.07) is 1.67. The Morgan fingerprint density at radius 3 is 2.85 bits per heavy atom. The number of hydrazine groups is 1. The molecule has 4 amide bonds. The highest BCUT2D eigenvalue weighted by atomic mass is 79.9. The third kappa shape index (κ3) is 4.91. The average Bonchev–Trinajstić information content (AvgIpc) is 2.60. The predicted molar refractivity (Wildman–Crippen MR) is 94.3 cm³/mol. The van der Waals surface area contributed by atoms with Gasteiger partial charge in [-0.1, -0.05) is 0 Å². The standard InChI is InChI=1S/C14H17BrN6O5/c1-6(17-11-13(24)18-14(25)21-19-11)12(23)20-16-5-7-3-8(15)10(22)9(4-7)26-2/h3-6,11,17,19,22H,1-2H3,(H,20,23)(H2,18,21,24,25)/b16-5+. The zero-order chi connectivity index (χ0) is 19.3. The number of phenolic OH excluding ortho intramolecular Hbond substituents is 1. The van der Waals surface area contributed by atoms with Crippen LogP contribution < -0.4 is 31.6 Å². The van der Waals surface area contributed by atoms with Gasteiger partial charge in [0, 0.05) is 0 Å². The maximum Gasteiger partial charge on any atom is 0.335 e. The molecule has 0 spiro atoms. The van der Waals surface area contributed by atoms with E-state index in [0.29, 0.717) is 10.0 Å². The smallest absolute Gasteiger partial charge is 0.335 e. The molecule has 12 heteroatoms. The molecule has 1 aliphatic heterocycles. The number of phenols is 1. The van der Waals surface area contributed by atoms with Gasteiger partial charge in [-0.2, -0.15) is 5.10 Å². The van der Waals surface area contributed by atoms with Gasteiger partial charge in [0.15, 0.2) is 17.7 Å². The van der Waals surface area contributed by atoms with Crippen molar-refractivity contribution >= 4 is 40.0 Å². The molecule has 1 aromatic rings. The quantitative estimate of drug-likeness (QED) is 0.257. The molecule has 1 heterocycles. The van der Waals surface area contributed by atoms with E-state index in [1.807, 2.05) is 5.32 Å². The summed E-state index contributed by atoms with van der Waals surface area (Å²) in [5.41, 5.74) is 7.53. The lowest BCUT2D eigenvalue weighted by Crippen LogP contribution is -2.68. The Kier molecular flexibility index (Phi) is 6.49. The molecule has 6 N–H and O–H groups in total. The largest absolute Gasteiger partial charge is 0.503 e. The van der Waals surface area contributed by atoms with E-state index in [1.165, 1.54) is 26.3 Å². The number of carbonyl (C=O) groups excluding carboxylic acids is 3. The fourth-order valence-electron chi connectivity index (χ4n) is 1.95. The fraction of sp³-hybridized carbons (Fsp3) is 0.286. The summed E-state index contributed by atoms with van der Waals surface area (Å²) in [5, 5.41) is 18.3. The second-order valence-electron chi connectivity index (χ2n) is 5.20.